The first kappa shape index (κ1) is 11.8. The van der Waals surface area contributed by atoms with E-state index in [1.54, 1.807) is 12.4 Å². The zero-order valence-electron chi connectivity index (χ0n) is 10.0. The average molecular weight is 231 g/mol. The van der Waals surface area contributed by atoms with Gasteiger partial charge in [-0.1, -0.05) is 13.0 Å². The lowest BCUT2D eigenvalue weighted by Gasteiger charge is -2.01. The van der Waals surface area contributed by atoms with E-state index in [2.05, 4.69) is 28.3 Å². The lowest BCUT2D eigenvalue weighted by Crippen LogP contribution is -2.16. The van der Waals surface area contributed by atoms with Crippen LogP contribution in [0.4, 0.5) is 0 Å². The van der Waals surface area contributed by atoms with Crippen LogP contribution in [0.15, 0.2) is 35.1 Å². The molecule has 4 nitrogen and oxygen atoms in total. The summed E-state index contributed by atoms with van der Waals surface area (Å²) in [6.45, 7) is 3.63. The molecule has 0 fully saturated rings. The molecule has 0 unspecified atom stereocenters. The Hall–Kier alpha value is -1.68. The van der Waals surface area contributed by atoms with Crippen LogP contribution in [-0.4, -0.2) is 16.5 Å². The molecule has 0 bridgehead atoms. The van der Waals surface area contributed by atoms with Crippen molar-refractivity contribution in [3.8, 4) is 0 Å². The van der Waals surface area contributed by atoms with Gasteiger partial charge in [0, 0.05) is 18.8 Å². The van der Waals surface area contributed by atoms with Crippen LogP contribution >= 0.6 is 0 Å². The van der Waals surface area contributed by atoms with Crippen molar-refractivity contribution in [2.24, 2.45) is 0 Å². The second-order valence-electron chi connectivity index (χ2n) is 3.86. The van der Waals surface area contributed by atoms with Crippen molar-refractivity contribution in [2.45, 2.75) is 26.3 Å². The van der Waals surface area contributed by atoms with Crippen LogP contribution < -0.4 is 5.32 Å². The Bertz CT molecular complexity index is 439. The molecule has 0 saturated carbocycles. The Balaban J connectivity index is 1.69. The number of nitrogens with one attached hydrogen (secondary N) is 1. The normalized spacial score (nSPS) is 10.6. The highest BCUT2D eigenvalue weighted by Gasteiger charge is 2.01. The van der Waals surface area contributed by atoms with Gasteiger partial charge in [0.2, 0.25) is 5.89 Å². The Morgan fingerprint density at radius 3 is 3.00 bits per heavy atom. The SMILES string of the molecule is CCc1cnc(CNCCc2cccnc2)o1. The number of rotatable bonds is 6. The lowest BCUT2D eigenvalue weighted by atomic mass is 10.2. The van der Waals surface area contributed by atoms with Gasteiger partial charge in [-0.2, -0.15) is 0 Å². The van der Waals surface area contributed by atoms with E-state index in [9.17, 15) is 0 Å². The summed E-state index contributed by atoms with van der Waals surface area (Å²) < 4.78 is 5.50. The second-order valence-corrected chi connectivity index (χ2v) is 3.86. The van der Waals surface area contributed by atoms with Crippen LogP contribution in [0.25, 0.3) is 0 Å². The summed E-state index contributed by atoms with van der Waals surface area (Å²) in [6.07, 6.45) is 7.33. The van der Waals surface area contributed by atoms with Gasteiger partial charge in [0.25, 0.3) is 0 Å². The summed E-state index contributed by atoms with van der Waals surface area (Å²) in [5, 5.41) is 3.30. The molecular formula is C13H17N3O. The van der Waals surface area contributed by atoms with Crippen LogP contribution in [-0.2, 0) is 19.4 Å². The average Bonchev–Trinajstić information content (AvgIpc) is 2.84. The van der Waals surface area contributed by atoms with Crippen molar-refractivity contribution in [1.82, 2.24) is 15.3 Å². The number of nitrogens with zero attached hydrogens (tertiary/aromatic N) is 2. The van der Waals surface area contributed by atoms with E-state index < -0.39 is 0 Å². The number of hydrogen-bond donors (Lipinski definition) is 1. The van der Waals surface area contributed by atoms with Crippen LogP contribution in [0.1, 0.15) is 24.1 Å². The first-order chi connectivity index (χ1) is 8.38. The number of pyridine rings is 1. The molecule has 0 spiro atoms. The van der Waals surface area contributed by atoms with E-state index >= 15 is 0 Å². The summed E-state index contributed by atoms with van der Waals surface area (Å²) in [5.41, 5.74) is 1.24. The summed E-state index contributed by atoms with van der Waals surface area (Å²) >= 11 is 0. The predicted octanol–water partition coefficient (Wildman–Crippen LogP) is 1.96. The number of aromatic nitrogens is 2. The predicted molar refractivity (Wildman–Crippen MR) is 65.5 cm³/mol. The van der Waals surface area contributed by atoms with Crippen LogP contribution in [0.5, 0.6) is 0 Å². The Morgan fingerprint density at radius 2 is 2.29 bits per heavy atom. The fourth-order valence-corrected chi connectivity index (χ4v) is 1.57. The molecule has 0 aliphatic rings. The van der Waals surface area contributed by atoms with Crippen LogP contribution in [0.3, 0.4) is 0 Å². The number of hydrogen-bond acceptors (Lipinski definition) is 4. The molecule has 2 aromatic rings. The molecule has 0 aliphatic carbocycles. The van der Waals surface area contributed by atoms with Gasteiger partial charge in [0.1, 0.15) is 5.76 Å². The van der Waals surface area contributed by atoms with Crippen molar-refractivity contribution in [3.63, 3.8) is 0 Å². The van der Waals surface area contributed by atoms with Crippen molar-refractivity contribution in [1.29, 1.82) is 0 Å². The maximum Gasteiger partial charge on any atom is 0.208 e. The summed E-state index contributed by atoms with van der Waals surface area (Å²) in [5.74, 6) is 1.70. The molecular weight excluding hydrogens is 214 g/mol. The smallest absolute Gasteiger partial charge is 0.208 e. The molecule has 17 heavy (non-hydrogen) atoms. The lowest BCUT2D eigenvalue weighted by molar-refractivity contribution is 0.440. The van der Waals surface area contributed by atoms with E-state index in [-0.39, 0.29) is 0 Å². The quantitative estimate of drug-likeness (QED) is 0.772. The maximum absolute atomic E-state index is 5.50. The molecule has 2 heterocycles. The van der Waals surface area contributed by atoms with E-state index in [1.165, 1.54) is 5.56 Å². The maximum atomic E-state index is 5.50. The van der Waals surface area contributed by atoms with Crippen molar-refractivity contribution in [2.75, 3.05) is 6.54 Å². The van der Waals surface area contributed by atoms with Crippen LogP contribution in [0.2, 0.25) is 0 Å². The van der Waals surface area contributed by atoms with E-state index in [4.69, 9.17) is 4.42 Å². The van der Waals surface area contributed by atoms with E-state index in [1.807, 2.05) is 12.3 Å². The van der Waals surface area contributed by atoms with Gasteiger partial charge in [-0.25, -0.2) is 4.98 Å². The molecule has 0 aliphatic heterocycles. The molecule has 1 N–H and O–H groups in total. The molecule has 90 valence electrons. The van der Waals surface area contributed by atoms with Crippen molar-refractivity contribution >= 4 is 0 Å². The molecule has 2 aromatic heterocycles. The third kappa shape index (κ3) is 3.67. The Morgan fingerprint density at radius 1 is 1.35 bits per heavy atom. The third-order valence-corrected chi connectivity index (χ3v) is 2.54. The minimum absolute atomic E-state index is 0.681. The monoisotopic (exact) mass is 231 g/mol. The summed E-state index contributed by atoms with van der Waals surface area (Å²) in [7, 11) is 0. The topological polar surface area (TPSA) is 51.0 Å². The first-order valence-corrected chi connectivity index (χ1v) is 5.91. The zero-order valence-corrected chi connectivity index (χ0v) is 10.0. The second kappa shape index (κ2) is 6.15. The van der Waals surface area contributed by atoms with Gasteiger partial charge < -0.3 is 9.73 Å². The number of aryl methyl sites for hydroxylation is 1. The van der Waals surface area contributed by atoms with Gasteiger partial charge in [-0.15, -0.1) is 0 Å². The third-order valence-electron chi connectivity index (χ3n) is 2.54. The highest BCUT2D eigenvalue weighted by molar-refractivity contribution is 5.08. The van der Waals surface area contributed by atoms with Gasteiger partial charge in [0.15, 0.2) is 0 Å². The molecule has 0 radical (unpaired) electrons. The largest absolute Gasteiger partial charge is 0.444 e. The number of oxazole rings is 1. The minimum atomic E-state index is 0.681. The zero-order chi connectivity index (χ0) is 11.9. The van der Waals surface area contributed by atoms with Crippen molar-refractivity contribution < 1.29 is 4.42 Å². The van der Waals surface area contributed by atoms with Crippen LogP contribution in [0, 0.1) is 0 Å². The van der Waals surface area contributed by atoms with Gasteiger partial charge in [0.05, 0.1) is 12.7 Å². The van der Waals surface area contributed by atoms with Crippen molar-refractivity contribution in [3.05, 3.63) is 47.9 Å². The summed E-state index contributed by atoms with van der Waals surface area (Å²) in [6, 6.07) is 4.03. The molecule has 4 heteroatoms. The van der Waals surface area contributed by atoms with E-state index in [0.717, 1.165) is 31.0 Å². The standard InChI is InChI=1S/C13H17N3O/c1-2-12-9-16-13(17-12)10-15-7-5-11-4-3-6-14-8-11/h3-4,6,8-9,15H,2,5,7,10H2,1H3. The Labute approximate surface area is 101 Å². The van der Waals surface area contributed by atoms with E-state index in [0.29, 0.717) is 6.54 Å². The highest BCUT2D eigenvalue weighted by Crippen LogP contribution is 2.03. The van der Waals surface area contributed by atoms with Gasteiger partial charge in [-0.3, -0.25) is 4.98 Å². The molecule has 0 amide bonds. The van der Waals surface area contributed by atoms with Gasteiger partial charge >= 0.3 is 0 Å². The highest BCUT2D eigenvalue weighted by atomic mass is 16.4. The first-order valence-electron chi connectivity index (χ1n) is 5.91. The fraction of sp³-hybridized carbons (Fsp3) is 0.385. The Kier molecular flexibility index (Phi) is 4.27. The van der Waals surface area contributed by atoms with Gasteiger partial charge in [-0.05, 0) is 24.6 Å². The molecule has 0 aromatic carbocycles. The minimum Gasteiger partial charge on any atom is -0.444 e. The molecule has 0 saturated heterocycles. The fourth-order valence-electron chi connectivity index (χ4n) is 1.57. The molecule has 0 atom stereocenters. The molecule has 2 rings (SSSR count). The summed E-state index contributed by atoms with van der Waals surface area (Å²) in [4.78, 5) is 8.27.